The molecule has 10 heteroatoms. The van der Waals surface area contributed by atoms with Gasteiger partial charge in [0, 0.05) is 6.42 Å². The van der Waals surface area contributed by atoms with Crippen molar-refractivity contribution in [2.45, 2.75) is 70.0 Å². The molecule has 166 valence electrons. The Morgan fingerprint density at radius 1 is 1.23 bits per heavy atom. The fourth-order valence-electron chi connectivity index (χ4n) is 4.39. The molecule has 0 aromatic carbocycles. The number of carboxylic acid groups (broad SMARTS) is 1. The number of hydrogen-bond acceptors (Lipinski definition) is 8. The minimum Gasteiger partial charge on any atom is -0.479 e. The first-order valence-electron chi connectivity index (χ1n) is 10.6. The van der Waals surface area contributed by atoms with Crippen molar-refractivity contribution in [1.29, 1.82) is 0 Å². The number of carbonyl (C=O) groups is 1. The highest BCUT2D eigenvalue weighted by Gasteiger charge is 2.48. The van der Waals surface area contributed by atoms with E-state index in [0.717, 1.165) is 12.3 Å². The Morgan fingerprint density at radius 3 is 2.58 bits per heavy atom. The molecular formula is C21H27N5O5. The largest absolute Gasteiger partial charge is 0.479 e. The number of aliphatic hydroxyl groups is 2. The molecule has 1 saturated heterocycles. The van der Waals surface area contributed by atoms with Gasteiger partial charge in [0.15, 0.2) is 23.8 Å². The molecule has 0 bridgehead atoms. The zero-order chi connectivity index (χ0) is 22.1. The molecule has 5 N–H and O–H groups in total. The van der Waals surface area contributed by atoms with Gasteiger partial charge in [0.2, 0.25) is 5.82 Å². The van der Waals surface area contributed by atoms with Gasteiger partial charge in [-0.05, 0) is 30.6 Å². The van der Waals surface area contributed by atoms with Gasteiger partial charge in [-0.25, -0.2) is 19.7 Å². The maximum absolute atomic E-state index is 11.2. The summed E-state index contributed by atoms with van der Waals surface area (Å²) in [4.78, 5) is 24.0. The summed E-state index contributed by atoms with van der Waals surface area (Å²) in [5.41, 5.74) is 6.55. The van der Waals surface area contributed by atoms with Gasteiger partial charge in [-0.1, -0.05) is 32.1 Å². The maximum Gasteiger partial charge on any atom is 0.335 e. The van der Waals surface area contributed by atoms with E-state index in [0.29, 0.717) is 5.92 Å². The van der Waals surface area contributed by atoms with Crippen LogP contribution >= 0.6 is 0 Å². The van der Waals surface area contributed by atoms with Gasteiger partial charge in [0.05, 0.1) is 6.33 Å². The Labute approximate surface area is 179 Å². The summed E-state index contributed by atoms with van der Waals surface area (Å²) in [6, 6.07) is 0. The lowest BCUT2D eigenvalue weighted by molar-refractivity contribution is -0.155. The number of anilines is 1. The fourth-order valence-corrected chi connectivity index (χ4v) is 4.39. The summed E-state index contributed by atoms with van der Waals surface area (Å²) in [6.07, 6.45) is 2.43. The van der Waals surface area contributed by atoms with E-state index in [9.17, 15) is 15.0 Å². The van der Waals surface area contributed by atoms with Crippen LogP contribution in [-0.4, -0.2) is 59.1 Å². The Bertz CT molecular complexity index is 1020. The van der Waals surface area contributed by atoms with Crippen molar-refractivity contribution in [3.63, 3.8) is 0 Å². The zero-order valence-electron chi connectivity index (χ0n) is 17.3. The number of rotatable bonds is 4. The predicted octanol–water partition coefficient (Wildman–Crippen LogP) is 1.07. The topological polar surface area (TPSA) is 157 Å². The standard InChI is InChI=1S/C21H27N5O5/c1-2-11-6-8-12(9-7-11)4-3-5-13-24-18(22)14-19(25-13)26(10-23-14)20-16(28)15(27)17(31-20)21(29)30/h10-12,15-17,20,27-28H,2,4,6-9H2,1H3,(H,29,30)(H2,22,24,25). The Kier molecular flexibility index (Phi) is 6.09. The van der Waals surface area contributed by atoms with Gasteiger partial charge in [0.1, 0.15) is 17.7 Å². The highest BCUT2D eigenvalue weighted by Crippen LogP contribution is 2.33. The molecule has 0 radical (unpaired) electrons. The van der Waals surface area contributed by atoms with E-state index in [2.05, 4.69) is 33.7 Å². The number of fused-ring (bicyclic) bond motifs is 1. The number of ether oxygens (including phenoxy) is 1. The third-order valence-corrected chi connectivity index (χ3v) is 6.34. The first-order valence-corrected chi connectivity index (χ1v) is 10.6. The highest BCUT2D eigenvalue weighted by atomic mass is 16.6. The van der Waals surface area contributed by atoms with Gasteiger partial charge < -0.3 is 25.8 Å². The molecule has 4 atom stereocenters. The van der Waals surface area contributed by atoms with Crippen molar-refractivity contribution in [3.8, 4) is 11.8 Å². The summed E-state index contributed by atoms with van der Waals surface area (Å²) < 4.78 is 6.69. The van der Waals surface area contributed by atoms with Crippen molar-refractivity contribution in [2.75, 3.05) is 5.73 Å². The molecule has 2 aromatic heterocycles. The minimum atomic E-state index is -1.58. The van der Waals surface area contributed by atoms with E-state index >= 15 is 0 Å². The average molecular weight is 429 g/mol. The van der Waals surface area contributed by atoms with Gasteiger partial charge in [0.25, 0.3) is 0 Å². The summed E-state index contributed by atoms with van der Waals surface area (Å²) in [5.74, 6) is 6.51. The number of imidazole rings is 1. The Balaban J connectivity index is 1.55. The summed E-state index contributed by atoms with van der Waals surface area (Å²) in [7, 11) is 0. The second-order valence-electron chi connectivity index (χ2n) is 8.32. The van der Waals surface area contributed by atoms with Crippen LogP contribution in [0.15, 0.2) is 6.33 Å². The van der Waals surface area contributed by atoms with Gasteiger partial charge in [-0.2, -0.15) is 0 Å². The number of aromatic nitrogens is 4. The lowest BCUT2D eigenvalue weighted by Gasteiger charge is -2.26. The van der Waals surface area contributed by atoms with Crippen LogP contribution in [0.1, 0.15) is 57.5 Å². The van der Waals surface area contributed by atoms with Crippen LogP contribution in [0.5, 0.6) is 0 Å². The number of nitrogens with two attached hydrogens (primary N) is 1. The van der Waals surface area contributed by atoms with Crippen molar-refractivity contribution < 1.29 is 24.9 Å². The normalized spacial score (nSPS) is 30.8. The molecule has 1 aliphatic heterocycles. The predicted molar refractivity (Wildman–Crippen MR) is 111 cm³/mol. The van der Waals surface area contributed by atoms with Crippen LogP contribution in [0.3, 0.4) is 0 Å². The second-order valence-corrected chi connectivity index (χ2v) is 8.32. The Morgan fingerprint density at radius 2 is 1.94 bits per heavy atom. The molecular weight excluding hydrogens is 402 g/mol. The quantitative estimate of drug-likeness (QED) is 0.522. The molecule has 1 saturated carbocycles. The van der Waals surface area contributed by atoms with Gasteiger partial charge >= 0.3 is 5.97 Å². The third kappa shape index (κ3) is 4.21. The van der Waals surface area contributed by atoms with Crippen LogP contribution < -0.4 is 5.73 Å². The number of aliphatic carboxylic acids is 1. The average Bonchev–Trinajstić information content (AvgIpc) is 3.30. The van der Waals surface area contributed by atoms with Crippen LogP contribution in [-0.2, 0) is 9.53 Å². The molecule has 2 fully saturated rings. The lowest BCUT2D eigenvalue weighted by atomic mass is 9.80. The summed E-state index contributed by atoms with van der Waals surface area (Å²) in [5, 5.41) is 29.4. The van der Waals surface area contributed by atoms with E-state index in [1.54, 1.807) is 0 Å². The maximum atomic E-state index is 11.2. The number of hydrogen-bond donors (Lipinski definition) is 4. The van der Waals surface area contributed by atoms with Crippen molar-refractivity contribution in [2.24, 2.45) is 11.8 Å². The van der Waals surface area contributed by atoms with Crippen LogP contribution in [0.4, 0.5) is 5.82 Å². The fraction of sp³-hybridized carbons (Fsp3) is 0.619. The second kappa shape index (κ2) is 8.78. The minimum absolute atomic E-state index is 0.124. The van der Waals surface area contributed by atoms with Crippen LogP contribution in [0.2, 0.25) is 0 Å². The molecule has 3 heterocycles. The van der Waals surface area contributed by atoms with Crippen LogP contribution in [0.25, 0.3) is 11.2 Å². The van der Waals surface area contributed by atoms with Crippen LogP contribution in [0, 0.1) is 23.7 Å². The van der Waals surface area contributed by atoms with E-state index in [1.165, 1.54) is 43.0 Å². The van der Waals surface area contributed by atoms with Gasteiger partial charge in [-0.3, -0.25) is 4.57 Å². The number of aliphatic hydroxyl groups excluding tert-OH is 2. The van der Waals surface area contributed by atoms with Crippen molar-refractivity contribution in [3.05, 3.63) is 12.2 Å². The molecule has 4 rings (SSSR count). The highest BCUT2D eigenvalue weighted by molar-refractivity contribution is 5.82. The lowest BCUT2D eigenvalue weighted by Crippen LogP contribution is -2.35. The molecule has 10 nitrogen and oxygen atoms in total. The molecule has 2 aromatic rings. The number of nitrogens with zero attached hydrogens (tertiary/aromatic N) is 4. The van der Waals surface area contributed by atoms with E-state index in [1.807, 2.05) is 0 Å². The number of nitrogen functional groups attached to an aromatic ring is 1. The SMILES string of the molecule is CCC1CCC(CC#Cc2nc(N)c3ncn(C4OC(C(=O)O)C(O)C4O)c3n2)CC1. The summed E-state index contributed by atoms with van der Waals surface area (Å²) >= 11 is 0. The first-order chi connectivity index (χ1) is 14.9. The molecule has 2 aliphatic rings. The number of carboxylic acids is 1. The zero-order valence-corrected chi connectivity index (χ0v) is 17.3. The monoisotopic (exact) mass is 429 g/mol. The molecule has 1 aliphatic carbocycles. The smallest absolute Gasteiger partial charge is 0.335 e. The van der Waals surface area contributed by atoms with Gasteiger partial charge in [-0.15, -0.1) is 0 Å². The summed E-state index contributed by atoms with van der Waals surface area (Å²) in [6.45, 7) is 2.24. The molecule has 31 heavy (non-hydrogen) atoms. The Hall–Kier alpha value is -2.74. The molecule has 4 unspecified atom stereocenters. The first kappa shape index (κ1) is 21.5. The van der Waals surface area contributed by atoms with E-state index in [4.69, 9.17) is 15.6 Å². The molecule has 0 spiro atoms. The third-order valence-electron chi connectivity index (χ3n) is 6.34. The molecule has 0 amide bonds. The van der Waals surface area contributed by atoms with Crippen molar-refractivity contribution >= 4 is 23.0 Å². The van der Waals surface area contributed by atoms with Crippen molar-refractivity contribution in [1.82, 2.24) is 19.5 Å². The van der Waals surface area contributed by atoms with E-state index < -0.39 is 30.5 Å². The van der Waals surface area contributed by atoms with E-state index in [-0.39, 0.29) is 22.8 Å².